The van der Waals surface area contributed by atoms with E-state index in [0.717, 1.165) is 10.3 Å². The molecule has 19 heavy (non-hydrogen) atoms. The van der Waals surface area contributed by atoms with Crippen LogP contribution in [0, 0.1) is 5.82 Å². The Labute approximate surface area is 115 Å². The van der Waals surface area contributed by atoms with Crippen LogP contribution in [0.1, 0.15) is 0 Å². The van der Waals surface area contributed by atoms with Gasteiger partial charge in [0.15, 0.2) is 0 Å². The van der Waals surface area contributed by atoms with E-state index in [1.54, 1.807) is 12.1 Å². The Bertz CT molecular complexity index is 740. The summed E-state index contributed by atoms with van der Waals surface area (Å²) in [7, 11) is 0. The highest BCUT2D eigenvalue weighted by Crippen LogP contribution is 2.32. The Hall–Kier alpha value is -2.00. The maximum Gasteiger partial charge on any atom is 0.139 e. The van der Waals surface area contributed by atoms with Crippen molar-refractivity contribution in [2.45, 2.75) is 9.79 Å². The number of nitrogens with two attached hydrogens (primary N) is 1. The molecule has 3 aromatic rings. The average molecular weight is 269 g/mol. The molecule has 0 aromatic heterocycles. The fourth-order valence-corrected chi connectivity index (χ4v) is 2.83. The molecule has 0 aliphatic rings. The predicted octanol–water partition coefficient (Wildman–Crippen LogP) is 4.71. The summed E-state index contributed by atoms with van der Waals surface area (Å²) < 4.78 is 13.7. The summed E-state index contributed by atoms with van der Waals surface area (Å²) in [6.45, 7) is 0. The van der Waals surface area contributed by atoms with Gasteiger partial charge in [-0.15, -0.1) is 0 Å². The largest absolute Gasteiger partial charge is 0.399 e. The van der Waals surface area contributed by atoms with Crippen molar-refractivity contribution in [3.8, 4) is 0 Å². The lowest BCUT2D eigenvalue weighted by atomic mass is 10.1. The highest BCUT2D eigenvalue weighted by atomic mass is 32.2. The first-order chi connectivity index (χ1) is 9.22. The molecule has 0 saturated heterocycles. The van der Waals surface area contributed by atoms with E-state index in [0.29, 0.717) is 10.6 Å². The molecule has 0 amide bonds. The van der Waals surface area contributed by atoms with Crippen molar-refractivity contribution in [3.63, 3.8) is 0 Å². The van der Waals surface area contributed by atoms with Gasteiger partial charge in [-0.05, 0) is 41.1 Å². The van der Waals surface area contributed by atoms with E-state index in [4.69, 9.17) is 5.73 Å². The summed E-state index contributed by atoms with van der Waals surface area (Å²) in [5.41, 5.74) is 5.99. The van der Waals surface area contributed by atoms with Gasteiger partial charge in [0.2, 0.25) is 0 Å². The number of anilines is 1. The smallest absolute Gasteiger partial charge is 0.139 e. The van der Waals surface area contributed by atoms with Crippen molar-refractivity contribution < 1.29 is 4.39 Å². The Kier molecular flexibility index (Phi) is 3.13. The SMILES string of the molecule is Nc1ccc(Sc2ccc3ccccc3c2)c(F)c1. The van der Waals surface area contributed by atoms with Gasteiger partial charge in [-0.3, -0.25) is 0 Å². The number of fused-ring (bicyclic) bond motifs is 1. The van der Waals surface area contributed by atoms with Gasteiger partial charge in [-0.1, -0.05) is 42.1 Å². The summed E-state index contributed by atoms with van der Waals surface area (Å²) in [4.78, 5) is 1.60. The van der Waals surface area contributed by atoms with Crippen LogP contribution in [0.5, 0.6) is 0 Å². The second-order valence-electron chi connectivity index (χ2n) is 4.30. The van der Waals surface area contributed by atoms with Gasteiger partial charge < -0.3 is 5.73 Å². The molecule has 0 fully saturated rings. The fourth-order valence-electron chi connectivity index (χ4n) is 1.96. The lowest BCUT2D eigenvalue weighted by Gasteiger charge is -2.05. The normalized spacial score (nSPS) is 10.8. The second kappa shape index (κ2) is 4.94. The van der Waals surface area contributed by atoms with Crippen LogP contribution in [0.2, 0.25) is 0 Å². The van der Waals surface area contributed by atoms with Crippen LogP contribution >= 0.6 is 11.8 Å². The number of hydrogen-bond acceptors (Lipinski definition) is 2. The molecule has 2 N–H and O–H groups in total. The van der Waals surface area contributed by atoms with Crippen LogP contribution in [0.25, 0.3) is 10.8 Å². The molecule has 0 atom stereocenters. The fraction of sp³-hybridized carbons (Fsp3) is 0. The lowest BCUT2D eigenvalue weighted by Crippen LogP contribution is -1.87. The highest BCUT2D eigenvalue weighted by molar-refractivity contribution is 7.99. The van der Waals surface area contributed by atoms with Crippen molar-refractivity contribution in [2.75, 3.05) is 5.73 Å². The zero-order chi connectivity index (χ0) is 13.2. The second-order valence-corrected chi connectivity index (χ2v) is 5.42. The van der Waals surface area contributed by atoms with Crippen LogP contribution in [0.15, 0.2) is 70.5 Å². The molecule has 3 aromatic carbocycles. The van der Waals surface area contributed by atoms with Crippen molar-refractivity contribution in [3.05, 3.63) is 66.5 Å². The molecule has 94 valence electrons. The van der Waals surface area contributed by atoms with Crippen LogP contribution in [0.4, 0.5) is 10.1 Å². The van der Waals surface area contributed by atoms with Crippen molar-refractivity contribution in [1.29, 1.82) is 0 Å². The van der Waals surface area contributed by atoms with E-state index >= 15 is 0 Å². The molecule has 1 nitrogen and oxygen atoms in total. The van der Waals surface area contributed by atoms with E-state index in [-0.39, 0.29) is 5.82 Å². The van der Waals surface area contributed by atoms with E-state index in [1.165, 1.54) is 23.2 Å². The van der Waals surface area contributed by atoms with Gasteiger partial charge in [0, 0.05) is 15.5 Å². The molecular formula is C16H12FNS. The van der Waals surface area contributed by atoms with Crippen LogP contribution in [-0.2, 0) is 0 Å². The number of halogens is 1. The third-order valence-corrected chi connectivity index (χ3v) is 3.95. The zero-order valence-electron chi connectivity index (χ0n) is 10.1. The molecule has 0 spiro atoms. The number of hydrogen-bond donors (Lipinski definition) is 1. The summed E-state index contributed by atoms with van der Waals surface area (Å²) in [6.07, 6.45) is 0. The van der Waals surface area contributed by atoms with Crippen LogP contribution in [-0.4, -0.2) is 0 Å². The van der Waals surface area contributed by atoms with Gasteiger partial charge in [0.05, 0.1) is 0 Å². The van der Waals surface area contributed by atoms with Crippen LogP contribution < -0.4 is 5.73 Å². The molecule has 3 heteroatoms. The van der Waals surface area contributed by atoms with E-state index in [9.17, 15) is 4.39 Å². The monoisotopic (exact) mass is 269 g/mol. The Morgan fingerprint density at radius 2 is 1.63 bits per heavy atom. The summed E-state index contributed by atoms with van der Waals surface area (Å²) in [5, 5.41) is 2.34. The number of nitrogen functional groups attached to an aromatic ring is 1. The van der Waals surface area contributed by atoms with Crippen molar-refractivity contribution >= 4 is 28.2 Å². The summed E-state index contributed by atoms with van der Waals surface area (Å²) in [5.74, 6) is -0.279. The quantitative estimate of drug-likeness (QED) is 0.682. The Morgan fingerprint density at radius 1 is 0.842 bits per heavy atom. The first-order valence-corrected chi connectivity index (χ1v) is 6.76. The van der Waals surface area contributed by atoms with Gasteiger partial charge >= 0.3 is 0 Å². The molecule has 0 saturated carbocycles. The van der Waals surface area contributed by atoms with E-state index in [2.05, 4.69) is 18.2 Å². The first-order valence-electron chi connectivity index (χ1n) is 5.94. The topological polar surface area (TPSA) is 26.0 Å². The van der Waals surface area contributed by atoms with Gasteiger partial charge in [0.25, 0.3) is 0 Å². The Morgan fingerprint density at radius 3 is 2.42 bits per heavy atom. The third kappa shape index (κ3) is 2.56. The summed E-state index contributed by atoms with van der Waals surface area (Å²) >= 11 is 1.41. The molecule has 0 unspecified atom stereocenters. The standard InChI is InChI=1S/C16H12FNS/c17-15-10-13(18)6-8-16(15)19-14-7-5-11-3-1-2-4-12(11)9-14/h1-10H,18H2. The lowest BCUT2D eigenvalue weighted by molar-refractivity contribution is 0.603. The van der Waals surface area contributed by atoms with E-state index < -0.39 is 0 Å². The minimum atomic E-state index is -0.279. The summed E-state index contributed by atoms with van der Waals surface area (Å²) in [6, 6.07) is 19.0. The molecule has 0 aliphatic carbocycles. The average Bonchev–Trinajstić information content (AvgIpc) is 2.42. The third-order valence-electron chi connectivity index (χ3n) is 2.90. The minimum absolute atomic E-state index is 0.279. The van der Waals surface area contributed by atoms with Crippen molar-refractivity contribution in [1.82, 2.24) is 0 Å². The van der Waals surface area contributed by atoms with Crippen molar-refractivity contribution in [2.24, 2.45) is 0 Å². The highest BCUT2D eigenvalue weighted by Gasteiger charge is 2.05. The molecule has 0 heterocycles. The maximum atomic E-state index is 13.7. The number of benzene rings is 3. The van der Waals surface area contributed by atoms with E-state index in [1.807, 2.05) is 24.3 Å². The number of rotatable bonds is 2. The maximum absolute atomic E-state index is 13.7. The molecular weight excluding hydrogens is 257 g/mol. The molecule has 3 rings (SSSR count). The Balaban J connectivity index is 1.96. The molecule has 0 bridgehead atoms. The first kappa shape index (κ1) is 12.1. The van der Waals surface area contributed by atoms with Gasteiger partial charge in [-0.25, -0.2) is 4.39 Å². The van der Waals surface area contributed by atoms with Gasteiger partial charge in [-0.2, -0.15) is 0 Å². The van der Waals surface area contributed by atoms with Crippen LogP contribution in [0.3, 0.4) is 0 Å². The molecule has 0 radical (unpaired) electrons. The minimum Gasteiger partial charge on any atom is -0.399 e. The van der Waals surface area contributed by atoms with Gasteiger partial charge in [0.1, 0.15) is 5.82 Å². The zero-order valence-corrected chi connectivity index (χ0v) is 11.0. The predicted molar refractivity (Wildman–Crippen MR) is 78.9 cm³/mol. The molecule has 0 aliphatic heterocycles.